The molecule has 36 heavy (non-hydrogen) atoms. The maximum Gasteiger partial charge on any atom is 0.219 e. The Kier molecular flexibility index (Phi) is 6.14. The molecule has 0 unspecified atom stereocenters. The number of carbonyl (C=O) groups excluding carboxylic acids is 1. The monoisotopic (exact) mass is 487 g/mol. The van der Waals surface area contributed by atoms with Crippen molar-refractivity contribution in [3.8, 4) is 22.9 Å². The van der Waals surface area contributed by atoms with Crippen molar-refractivity contribution in [3.05, 3.63) is 65.8 Å². The standard InChI is InChI=1S/C26H26FN7O2/c1-16-23(13-31-34(16)22-5-4-8-32(15-22)18(3)35)19-9-25(26-20(10-28)11-30-33(26)14-19)36-17(2)24-7-6-21(27)12-29-24/h6-7,9,11-14,17,22H,4-5,8,15H2,1-3H3/t17-,22+/m1/s1. The van der Waals surface area contributed by atoms with Gasteiger partial charge >= 0.3 is 0 Å². The van der Waals surface area contributed by atoms with E-state index in [1.54, 1.807) is 17.5 Å². The highest BCUT2D eigenvalue weighted by Gasteiger charge is 2.26. The maximum absolute atomic E-state index is 13.3. The number of piperidine rings is 1. The fourth-order valence-electron chi connectivity index (χ4n) is 4.80. The van der Waals surface area contributed by atoms with Gasteiger partial charge in [-0.15, -0.1) is 0 Å². The first-order valence-electron chi connectivity index (χ1n) is 11.8. The summed E-state index contributed by atoms with van der Waals surface area (Å²) in [7, 11) is 0. The molecule has 4 aromatic rings. The van der Waals surface area contributed by atoms with E-state index in [0.717, 1.165) is 42.4 Å². The van der Waals surface area contributed by atoms with Gasteiger partial charge in [-0.3, -0.25) is 14.5 Å². The van der Waals surface area contributed by atoms with E-state index < -0.39 is 11.9 Å². The molecule has 5 rings (SSSR count). The molecule has 1 aliphatic rings. The molecular formula is C26H26FN7O2. The average Bonchev–Trinajstić information content (AvgIpc) is 3.47. The molecule has 0 spiro atoms. The number of nitrogens with zero attached hydrogens (tertiary/aromatic N) is 7. The first-order chi connectivity index (χ1) is 17.4. The molecule has 0 radical (unpaired) electrons. The van der Waals surface area contributed by atoms with E-state index in [0.29, 0.717) is 29.1 Å². The van der Waals surface area contributed by atoms with Crippen LogP contribution in [0.2, 0.25) is 0 Å². The first-order valence-corrected chi connectivity index (χ1v) is 11.8. The molecule has 0 aromatic carbocycles. The minimum Gasteiger partial charge on any atom is -0.482 e. The van der Waals surface area contributed by atoms with Gasteiger partial charge < -0.3 is 9.64 Å². The Morgan fingerprint density at radius 2 is 2.11 bits per heavy atom. The molecule has 9 nitrogen and oxygen atoms in total. The minimum absolute atomic E-state index is 0.0775. The third-order valence-electron chi connectivity index (χ3n) is 6.71. The second-order valence-corrected chi connectivity index (χ2v) is 9.07. The molecule has 0 saturated carbocycles. The highest BCUT2D eigenvalue weighted by molar-refractivity contribution is 5.76. The van der Waals surface area contributed by atoms with Crippen molar-refractivity contribution in [1.82, 2.24) is 29.3 Å². The fourth-order valence-corrected chi connectivity index (χ4v) is 4.80. The van der Waals surface area contributed by atoms with Gasteiger partial charge in [0.15, 0.2) is 0 Å². The van der Waals surface area contributed by atoms with Crippen LogP contribution in [0, 0.1) is 24.1 Å². The predicted octanol–water partition coefficient (Wildman–Crippen LogP) is 4.24. The number of rotatable bonds is 5. The van der Waals surface area contributed by atoms with E-state index in [2.05, 4.69) is 21.3 Å². The van der Waals surface area contributed by atoms with Gasteiger partial charge in [0, 0.05) is 43.0 Å². The second-order valence-electron chi connectivity index (χ2n) is 9.07. The van der Waals surface area contributed by atoms with Crippen LogP contribution in [0.1, 0.15) is 55.8 Å². The SMILES string of the molecule is CC(=O)N1CCC[C@H](n2ncc(-c3cc(O[C@H](C)c4ccc(F)cn4)c4c(C#N)cnn4c3)c2C)C1. The zero-order valence-electron chi connectivity index (χ0n) is 20.3. The molecular weight excluding hydrogens is 461 g/mol. The van der Waals surface area contributed by atoms with Crippen molar-refractivity contribution in [3.63, 3.8) is 0 Å². The quantitative estimate of drug-likeness (QED) is 0.417. The number of nitriles is 1. The highest BCUT2D eigenvalue weighted by atomic mass is 19.1. The van der Waals surface area contributed by atoms with Crippen LogP contribution in [0.3, 0.4) is 0 Å². The summed E-state index contributed by atoms with van der Waals surface area (Å²) in [5.74, 6) is 0.122. The van der Waals surface area contributed by atoms with E-state index in [4.69, 9.17) is 4.74 Å². The average molecular weight is 488 g/mol. The van der Waals surface area contributed by atoms with Gasteiger partial charge in [-0.05, 0) is 44.9 Å². The summed E-state index contributed by atoms with van der Waals surface area (Å²) in [6.45, 7) is 6.84. The Balaban J connectivity index is 1.52. The van der Waals surface area contributed by atoms with Crippen molar-refractivity contribution in [2.24, 2.45) is 0 Å². The van der Waals surface area contributed by atoms with Crippen molar-refractivity contribution >= 4 is 11.4 Å². The number of pyridine rings is 2. The molecule has 1 saturated heterocycles. The minimum atomic E-state index is -0.491. The first kappa shape index (κ1) is 23.5. The number of halogens is 1. The Morgan fingerprint density at radius 3 is 2.83 bits per heavy atom. The summed E-state index contributed by atoms with van der Waals surface area (Å²) in [4.78, 5) is 17.9. The van der Waals surface area contributed by atoms with Gasteiger partial charge in [0.2, 0.25) is 5.91 Å². The lowest BCUT2D eigenvalue weighted by atomic mass is 10.0. The molecule has 1 amide bonds. The third-order valence-corrected chi connectivity index (χ3v) is 6.71. The molecule has 5 heterocycles. The number of fused-ring (bicyclic) bond motifs is 1. The normalized spacial score (nSPS) is 16.6. The molecule has 1 fully saturated rings. The van der Waals surface area contributed by atoms with Crippen molar-refractivity contribution in [1.29, 1.82) is 5.26 Å². The molecule has 0 aliphatic carbocycles. The van der Waals surface area contributed by atoms with E-state index >= 15 is 0 Å². The topological polar surface area (TPSA) is 101 Å². The van der Waals surface area contributed by atoms with Crippen LogP contribution in [0.4, 0.5) is 4.39 Å². The lowest BCUT2D eigenvalue weighted by Crippen LogP contribution is -2.39. The Labute approximate surface area is 207 Å². The molecule has 184 valence electrons. The van der Waals surface area contributed by atoms with E-state index in [1.165, 1.54) is 12.3 Å². The van der Waals surface area contributed by atoms with Crippen LogP contribution in [0.5, 0.6) is 5.75 Å². The maximum atomic E-state index is 13.3. The number of amides is 1. The van der Waals surface area contributed by atoms with Crippen molar-refractivity contribution in [2.75, 3.05) is 13.1 Å². The van der Waals surface area contributed by atoms with Gasteiger partial charge in [-0.2, -0.15) is 15.5 Å². The molecule has 4 aromatic heterocycles. The van der Waals surface area contributed by atoms with Crippen molar-refractivity contribution in [2.45, 2.75) is 45.8 Å². The number of aromatic nitrogens is 5. The largest absolute Gasteiger partial charge is 0.482 e. The lowest BCUT2D eigenvalue weighted by Gasteiger charge is -2.32. The van der Waals surface area contributed by atoms with Crippen molar-refractivity contribution < 1.29 is 13.9 Å². The summed E-state index contributed by atoms with van der Waals surface area (Å²) < 4.78 is 23.2. The van der Waals surface area contributed by atoms with Crippen LogP contribution in [-0.4, -0.2) is 48.3 Å². The summed E-state index contributed by atoms with van der Waals surface area (Å²) in [5.41, 5.74) is 4.20. The lowest BCUT2D eigenvalue weighted by molar-refractivity contribution is -0.130. The molecule has 0 N–H and O–H groups in total. The fraction of sp³-hybridized carbons (Fsp3) is 0.346. The summed E-state index contributed by atoms with van der Waals surface area (Å²) >= 11 is 0. The van der Waals surface area contributed by atoms with Crippen LogP contribution < -0.4 is 4.74 Å². The third kappa shape index (κ3) is 4.28. The zero-order chi connectivity index (χ0) is 25.4. The number of carbonyl (C=O) groups is 1. The van der Waals surface area contributed by atoms with Gasteiger partial charge in [-0.1, -0.05) is 0 Å². The highest BCUT2D eigenvalue weighted by Crippen LogP contribution is 2.35. The van der Waals surface area contributed by atoms with Gasteiger partial charge in [0.1, 0.15) is 34.8 Å². The van der Waals surface area contributed by atoms with Crippen LogP contribution in [0.15, 0.2) is 43.0 Å². The van der Waals surface area contributed by atoms with E-state index in [-0.39, 0.29) is 11.9 Å². The van der Waals surface area contributed by atoms with E-state index in [9.17, 15) is 14.4 Å². The molecule has 2 atom stereocenters. The Hall–Kier alpha value is -4.26. The molecule has 10 heteroatoms. The summed E-state index contributed by atoms with van der Waals surface area (Å²) in [5, 5.41) is 18.6. The Bertz CT molecular complexity index is 1470. The van der Waals surface area contributed by atoms with Crippen LogP contribution in [0.25, 0.3) is 16.6 Å². The van der Waals surface area contributed by atoms with Gasteiger partial charge in [0.25, 0.3) is 0 Å². The van der Waals surface area contributed by atoms with Crippen LogP contribution in [-0.2, 0) is 4.79 Å². The molecule has 0 bridgehead atoms. The number of hydrogen-bond acceptors (Lipinski definition) is 6. The number of likely N-dealkylation sites (tertiary alicyclic amines) is 1. The number of ether oxygens (including phenoxy) is 1. The number of hydrogen-bond donors (Lipinski definition) is 0. The summed E-state index contributed by atoms with van der Waals surface area (Å²) in [6.07, 6.45) is 7.70. The zero-order valence-corrected chi connectivity index (χ0v) is 20.3. The van der Waals surface area contributed by atoms with Crippen LogP contribution >= 0.6 is 0 Å². The van der Waals surface area contributed by atoms with E-state index in [1.807, 2.05) is 41.9 Å². The smallest absolute Gasteiger partial charge is 0.219 e. The predicted molar refractivity (Wildman–Crippen MR) is 130 cm³/mol. The molecule has 1 aliphatic heterocycles. The second kappa shape index (κ2) is 9.41. The Morgan fingerprint density at radius 1 is 1.28 bits per heavy atom. The van der Waals surface area contributed by atoms with Gasteiger partial charge in [-0.25, -0.2) is 8.91 Å². The van der Waals surface area contributed by atoms with Gasteiger partial charge in [0.05, 0.1) is 30.3 Å². The summed E-state index contributed by atoms with van der Waals surface area (Å²) in [6, 6.07) is 7.05.